The summed E-state index contributed by atoms with van der Waals surface area (Å²) < 4.78 is 0. The van der Waals surface area contributed by atoms with Crippen LogP contribution in [-0.2, 0) is 16.1 Å². The molecule has 0 radical (unpaired) electrons. The van der Waals surface area contributed by atoms with Gasteiger partial charge in [-0.05, 0) is 49.2 Å². The van der Waals surface area contributed by atoms with Gasteiger partial charge in [0.1, 0.15) is 0 Å². The Hall–Kier alpha value is -0.860. The highest BCUT2D eigenvalue weighted by Crippen LogP contribution is 2.20. The first-order chi connectivity index (χ1) is 12.0. The van der Waals surface area contributed by atoms with Gasteiger partial charge in [-0.25, -0.2) is 0 Å². The van der Waals surface area contributed by atoms with Crippen molar-refractivity contribution in [1.29, 1.82) is 0 Å². The molecule has 0 unspecified atom stereocenters. The van der Waals surface area contributed by atoms with E-state index >= 15 is 0 Å². The number of carbonyl (C=O) groups is 2. The Morgan fingerprint density at radius 2 is 1.93 bits per heavy atom. The fourth-order valence-corrected chi connectivity index (χ4v) is 3.63. The lowest BCUT2D eigenvalue weighted by molar-refractivity contribution is -0.127. The quantitative estimate of drug-likeness (QED) is 0.579. The van der Waals surface area contributed by atoms with Crippen molar-refractivity contribution in [3.8, 4) is 0 Å². The molecule has 0 aromatic carbocycles. The molecule has 1 aromatic rings. The van der Waals surface area contributed by atoms with E-state index < -0.39 is 6.04 Å². The Bertz CT molecular complexity index is 550. The molecular weight excluding hydrogens is 407 g/mol. The van der Waals surface area contributed by atoms with Crippen molar-refractivity contribution >= 4 is 48.0 Å². The molecule has 2 rings (SSSR count). The first kappa shape index (κ1) is 26.1. The van der Waals surface area contributed by atoms with Gasteiger partial charge in [-0.3, -0.25) is 14.5 Å². The highest BCUT2D eigenvalue weighted by molar-refractivity contribution is 7.09. The van der Waals surface area contributed by atoms with Gasteiger partial charge in [0.2, 0.25) is 11.8 Å². The van der Waals surface area contributed by atoms with Crippen LogP contribution >= 0.6 is 36.2 Å². The minimum Gasteiger partial charge on any atom is -0.354 e. The topological polar surface area (TPSA) is 87.5 Å². The van der Waals surface area contributed by atoms with Crippen molar-refractivity contribution in [3.05, 3.63) is 22.4 Å². The number of rotatable bonds is 8. The van der Waals surface area contributed by atoms with Crippen molar-refractivity contribution in [1.82, 2.24) is 15.5 Å². The number of carbonyl (C=O) groups excluding carboxylic acids is 2. The van der Waals surface area contributed by atoms with Crippen LogP contribution in [0.2, 0.25) is 0 Å². The van der Waals surface area contributed by atoms with E-state index in [0.717, 1.165) is 32.5 Å². The molecule has 6 nitrogen and oxygen atoms in total. The minimum atomic E-state index is -0.569. The molecule has 1 fully saturated rings. The number of hydrogen-bond donors (Lipinski definition) is 3. The fourth-order valence-electron chi connectivity index (χ4n) is 2.88. The van der Waals surface area contributed by atoms with Crippen molar-refractivity contribution in [3.63, 3.8) is 0 Å². The number of amides is 2. The van der Waals surface area contributed by atoms with Gasteiger partial charge in [-0.1, -0.05) is 19.9 Å². The van der Waals surface area contributed by atoms with Gasteiger partial charge in [-0.2, -0.15) is 0 Å². The number of nitrogens with zero attached hydrogens (tertiary/aromatic N) is 1. The second-order valence-corrected chi connectivity index (χ2v) is 8.12. The van der Waals surface area contributed by atoms with Gasteiger partial charge < -0.3 is 16.4 Å². The van der Waals surface area contributed by atoms with Gasteiger partial charge in [0.05, 0.1) is 12.6 Å². The first-order valence-electron chi connectivity index (χ1n) is 9.00. The van der Waals surface area contributed by atoms with Gasteiger partial charge in [0.25, 0.3) is 0 Å². The number of nitrogens with one attached hydrogen (secondary N) is 2. The van der Waals surface area contributed by atoms with Crippen LogP contribution in [0.1, 0.15) is 31.6 Å². The summed E-state index contributed by atoms with van der Waals surface area (Å²) in [5.41, 5.74) is 5.75. The molecule has 0 spiro atoms. The molecule has 0 bridgehead atoms. The average molecular weight is 439 g/mol. The standard InChI is InChI=1S/C18H30N4O2S.2ClH/c1-13(2)17(19)18(24)21-11-16(23)20-10-14-5-7-22(8-6-14)12-15-4-3-9-25-15;;/h3-4,9,13-14,17H,5-8,10-12,19H2,1-2H3,(H,20,23)(H,21,24);2*1H/t17-;;/m0../s1. The van der Waals surface area contributed by atoms with Gasteiger partial charge >= 0.3 is 0 Å². The third-order valence-corrected chi connectivity index (χ3v) is 5.56. The van der Waals surface area contributed by atoms with Crippen molar-refractivity contribution in [2.75, 3.05) is 26.2 Å². The van der Waals surface area contributed by atoms with E-state index in [1.807, 2.05) is 13.8 Å². The van der Waals surface area contributed by atoms with E-state index in [1.165, 1.54) is 4.88 Å². The molecule has 2 amide bonds. The zero-order valence-electron chi connectivity index (χ0n) is 16.0. The minimum absolute atomic E-state index is 0. The predicted molar refractivity (Wildman–Crippen MR) is 116 cm³/mol. The molecule has 0 aliphatic carbocycles. The second-order valence-electron chi connectivity index (χ2n) is 7.09. The Morgan fingerprint density at radius 3 is 2.48 bits per heavy atom. The van der Waals surface area contributed by atoms with Crippen LogP contribution in [-0.4, -0.2) is 48.9 Å². The summed E-state index contributed by atoms with van der Waals surface area (Å²) in [4.78, 5) is 27.5. The van der Waals surface area contributed by atoms with E-state index in [2.05, 4.69) is 33.0 Å². The summed E-state index contributed by atoms with van der Waals surface area (Å²) in [7, 11) is 0. The number of halogens is 2. The Morgan fingerprint density at radius 1 is 1.26 bits per heavy atom. The summed E-state index contributed by atoms with van der Waals surface area (Å²) in [6, 6.07) is 3.70. The summed E-state index contributed by atoms with van der Waals surface area (Å²) in [6.45, 7) is 7.61. The fraction of sp³-hybridized carbons (Fsp3) is 0.667. The van der Waals surface area contributed by atoms with Gasteiger partial charge in [0.15, 0.2) is 0 Å². The molecule has 0 saturated carbocycles. The SMILES string of the molecule is CC(C)[C@H](N)C(=O)NCC(=O)NCC1CCN(Cc2cccs2)CC1.Cl.Cl. The van der Waals surface area contributed by atoms with Crippen LogP contribution in [0.25, 0.3) is 0 Å². The summed E-state index contributed by atoms with van der Waals surface area (Å²) in [6.07, 6.45) is 2.19. The van der Waals surface area contributed by atoms with E-state index in [0.29, 0.717) is 12.5 Å². The maximum Gasteiger partial charge on any atom is 0.239 e. The number of thiophene rings is 1. The van der Waals surface area contributed by atoms with Gasteiger partial charge in [0, 0.05) is 18.0 Å². The van der Waals surface area contributed by atoms with Crippen LogP contribution < -0.4 is 16.4 Å². The zero-order chi connectivity index (χ0) is 18.2. The van der Waals surface area contributed by atoms with E-state index in [1.54, 1.807) is 11.3 Å². The molecule has 1 aromatic heterocycles. The monoisotopic (exact) mass is 438 g/mol. The highest BCUT2D eigenvalue weighted by Gasteiger charge is 2.21. The van der Waals surface area contributed by atoms with Crippen LogP contribution in [0, 0.1) is 11.8 Å². The van der Waals surface area contributed by atoms with E-state index in [4.69, 9.17) is 5.73 Å². The second kappa shape index (κ2) is 13.3. The third kappa shape index (κ3) is 9.25. The molecule has 156 valence electrons. The molecule has 2 heterocycles. The number of likely N-dealkylation sites (tertiary alicyclic amines) is 1. The molecule has 1 atom stereocenters. The van der Waals surface area contributed by atoms with Crippen molar-refractivity contribution < 1.29 is 9.59 Å². The highest BCUT2D eigenvalue weighted by atomic mass is 35.5. The Kier molecular flexibility index (Phi) is 12.9. The molecule has 1 aliphatic heterocycles. The normalized spacial score (nSPS) is 16.1. The maximum absolute atomic E-state index is 11.9. The zero-order valence-corrected chi connectivity index (χ0v) is 18.4. The summed E-state index contributed by atoms with van der Waals surface area (Å²) in [5, 5.41) is 7.64. The molecule has 9 heteroatoms. The van der Waals surface area contributed by atoms with E-state index in [9.17, 15) is 9.59 Å². The molecule has 1 saturated heterocycles. The lowest BCUT2D eigenvalue weighted by Gasteiger charge is -2.31. The predicted octanol–water partition coefficient (Wildman–Crippen LogP) is 2.02. The largest absolute Gasteiger partial charge is 0.354 e. The summed E-state index contributed by atoms with van der Waals surface area (Å²) in [5.74, 6) is 0.150. The average Bonchev–Trinajstić information content (AvgIpc) is 3.11. The van der Waals surface area contributed by atoms with Crippen LogP contribution in [0.15, 0.2) is 17.5 Å². The lowest BCUT2D eigenvalue weighted by atomic mass is 9.97. The molecule has 27 heavy (non-hydrogen) atoms. The molecular formula is C18H32Cl2N4O2S. The van der Waals surface area contributed by atoms with Crippen molar-refractivity contribution in [2.24, 2.45) is 17.6 Å². The lowest BCUT2D eigenvalue weighted by Crippen LogP contribution is -2.47. The Labute approximate surface area is 178 Å². The number of nitrogens with two attached hydrogens (primary N) is 1. The van der Waals surface area contributed by atoms with Crippen LogP contribution in [0.3, 0.4) is 0 Å². The first-order valence-corrected chi connectivity index (χ1v) is 9.88. The number of piperidine rings is 1. The molecule has 4 N–H and O–H groups in total. The van der Waals surface area contributed by atoms with Crippen LogP contribution in [0.5, 0.6) is 0 Å². The molecule has 1 aliphatic rings. The maximum atomic E-state index is 11.9. The Balaban J connectivity index is 0.00000338. The van der Waals surface area contributed by atoms with Crippen molar-refractivity contribution in [2.45, 2.75) is 39.3 Å². The summed E-state index contributed by atoms with van der Waals surface area (Å²) >= 11 is 1.80. The number of hydrogen-bond acceptors (Lipinski definition) is 5. The van der Waals surface area contributed by atoms with Gasteiger partial charge in [-0.15, -0.1) is 36.2 Å². The van der Waals surface area contributed by atoms with E-state index in [-0.39, 0.29) is 49.1 Å². The third-order valence-electron chi connectivity index (χ3n) is 4.70. The van der Waals surface area contributed by atoms with Crippen LogP contribution in [0.4, 0.5) is 0 Å². The smallest absolute Gasteiger partial charge is 0.239 e.